The third kappa shape index (κ3) is 6.92. The van der Waals surface area contributed by atoms with Crippen molar-refractivity contribution in [3.8, 4) is 5.88 Å². The number of nitrogens with zero attached hydrogens (tertiary/aromatic N) is 4. The average molecular weight is 803 g/mol. The lowest BCUT2D eigenvalue weighted by Crippen LogP contribution is -2.49. The lowest BCUT2D eigenvalue weighted by atomic mass is 9.77. The number of aryl methyl sites for hydroxylation is 1. The number of carbonyl (C=O) groups is 1. The van der Waals surface area contributed by atoms with Crippen molar-refractivity contribution in [2.75, 3.05) is 6.54 Å². The van der Waals surface area contributed by atoms with Gasteiger partial charge in [-0.1, -0.05) is 103 Å². The van der Waals surface area contributed by atoms with Gasteiger partial charge in [0.2, 0.25) is 12.2 Å². The number of fused-ring (bicyclic) bond motifs is 4. The highest BCUT2D eigenvalue weighted by Crippen LogP contribution is 2.49. The van der Waals surface area contributed by atoms with Crippen molar-refractivity contribution >= 4 is 27.0 Å². The molecule has 2 aliphatic heterocycles. The van der Waals surface area contributed by atoms with E-state index in [2.05, 4.69) is 0 Å². The molecule has 0 saturated heterocycles. The van der Waals surface area contributed by atoms with Crippen LogP contribution in [0.25, 0.3) is 10.9 Å². The Morgan fingerprint density at radius 1 is 0.828 bits per heavy atom. The average Bonchev–Trinajstić information content (AvgIpc) is 3.60. The Bertz CT molecular complexity index is 2710. The first-order chi connectivity index (χ1) is 28.0. The van der Waals surface area contributed by atoms with E-state index in [1.165, 1.54) is 15.6 Å². The predicted molar refractivity (Wildman–Crippen MR) is 219 cm³/mol. The fraction of sp³-hybridized carbons (Fsp3) is 0.311. The summed E-state index contributed by atoms with van der Waals surface area (Å²) in [6.45, 7) is 4.32. The number of para-hydroxylation sites is 1. The van der Waals surface area contributed by atoms with Crippen molar-refractivity contribution in [3.63, 3.8) is 0 Å². The minimum atomic E-state index is -4.24. The maximum absolute atomic E-state index is 15.0. The van der Waals surface area contributed by atoms with E-state index in [0.29, 0.717) is 24.1 Å². The van der Waals surface area contributed by atoms with Gasteiger partial charge in [0.1, 0.15) is 6.61 Å². The molecule has 4 heterocycles. The summed E-state index contributed by atoms with van der Waals surface area (Å²) in [5, 5.41) is 0.761. The SMILES string of the molecule is CC[C@H]1[C@H](OCc2ccccc2)Oc2c(c(=O)n(C)c(=O)n2C)[C@@H]1C[C@H]1c2c(c3ccccc3n2S(=O)(=O)c2ccc(C)cc2)CCN1C(=O)OCc1ccccc1. The highest BCUT2D eigenvalue weighted by Gasteiger charge is 2.47. The molecule has 6 aromatic rings. The number of hydrogen-bond donors (Lipinski definition) is 0. The van der Waals surface area contributed by atoms with Crippen molar-refractivity contribution < 1.29 is 27.4 Å². The normalized spacial score (nSPS) is 19.0. The van der Waals surface area contributed by atoms with Crippen LogP contribution in [0.4, 0.5) is 4.79 Å². The number of carbonyl (C=O) groups excluding carboxylic acids is 1. The molecule has 13 heteroatoms. The van der Waals surface area contributed by atoms with Crippen molar-refractivity contribution in [2.45, 2.75) is 69.5 Å². The molecule has 4 atom stereocenters. The summed E-state index contributed by atoms with van der Waals surface area (Å²) in [7, 11) is -1.26. The van der Waals surface area contributed by atoms with E-state index in [0.717, 1.165) is 32.2 Å². The molecular formula is C45H46N4O8S. The molecule has 0 N–H and O–H groups in total. The van der Waals surface area contributed by atoms with E-state index >= 15 is 0 Å². The first-order valence-corrected chi connectivity index (χ1v) is 21.0. The second-order valence-electron chi connectivity index (χ2n) is 15.1. The van der Waals surface area contributed by atoms with Gasteiger partial charge in [0.25, 0.3) is 15.6 Å². The summed E-state index contributed by atoms with van der Waals surface area (Å²) in [5.41, 5.74) is 3.52. The summed E-state index contributed by atoms with van der Waals surface area (Å²) in [6, 6.07) is 32.2. The molecule has 0 unspecified atom stereocenters. The van der Waals surface area contributed by atoms with E-state index in [-0.39, 0.29) is 42.5 Å². The molecule has 2 aromatic heterocycles. The maximum atomic E-state index is 15.0. The molecule has 8 rings (SSSR count). The Hall–Kier alpha value is -5.92. The summed E-state index contributed by atoms with van der Waals surface area (Å²) in [4.78, 5) is 43.8. The van der Waals surface area contributed by atoms with Crippen LogP contribution in [-0.2, 0) is 53.2 Å². The number of benzene rings is 4. The van der Waals surface area contributed by atoms with Crippen LogP contribution in [0, 0.1) is 12.8 Å². The molecule has 2 aliphatic rings. The highest BCUT2D eigenvalue weighted by molar-refractivity contribution is 7.90. The molecule has 0 radical (unpaired) electrons. The van der Waals surface area contributed by atoms with Gasteiger partial charge in [-0.15, -0.1) is 0 Å². The molecular weight excluding hydrogens is 757 g/mol. The van der Waals surface area contributed by atoms with Gasteiger partial charge in [-0.2, -0.15) is 0 Å². The van der Waals surface area contributed by atoms with Gasteiger partial charge in [-0.05, 0) is 61.1 Å². The molecule has 0 bridgehead atoms. The van der Waals surface area contributed by atoms with Crippen LogP contribution in [0.3, 0.4) is 0 Å². The zero-order valence-corrected chi connectivity index (χ0v) is 33.7. The molecule has 58 heavy (non-hydrogen) atoms. The first-order valence-electron chi connectivity index (χ1n) is 19.5. The van der Waals surface area contributed by atoms with Crippen LogP contribution in [-0.4, -0.2) is 45.4 Å². The largest absolute Gasteiger partial charge is 0.449 e. The van der Waals surface area contributed by atoms with Crippen LogP contribution in [0.5, 0.6) is 5.88 Å². The van der Waals surface area contributed by atoms with E-state index in [1.54, 1.807) is 48.3 Å². The molecule has 0 saturated carbocycles. The van der Waals surface area contributed by atoms with Gasteiger partial charge in [-0.25, -0.2) is 22.0 Å². The Morgan fingerprint density at radius 3 is 2.14 bits per heavy atom. The minimum Gasteiger partial charge on any atom is -0.449 e. The van der Waals surface area contributed by atoms with Crippen LogP contribution in [0.2, 0.25) is 0 Å². The molecule has 0 spiro atoms. The number of ether oxygens (including phenoxy) is 3. The topological polar surface area (TPSA) is 131 Å². The molecule has 0 fully saturated rings. The molecule has 4 aromatic carbocycles. The van der Waals surface area contributed by atoms with Crippen LogP contribution in [0.1, 0.15) is 65.2 Å². The summed E-state index contributed by atoms with van der Waals surface area (Å²) >= 11 is 0. The third-order valence-electron chi connectivity index (χ3n) is 11.6. The summed E-state index contributed by atoms with van der Waals surface area (Å²) in [5.74, 6) is -1.02. The highest BCUT2D eigenvalue weighted by atomic mass is 32.2. The Balaban J connectivity index is 1.32. The molecule has 12 nitrogen and oxygen atoms in total. The van der Waals surface area contributed by atoms with Crippen LogP contribution >= 0.6 is 0 Å². The van der Waals surface area contributed by atoms with E-state index < -0.39 is 51.5 Å². The second kappa shape index (κ2) is 15.8. The number of aromatic nitrogens is 3. The zero-order chi connectivity index (χ0) is 40.7. The summed E-state index contributed by atoms with van der Waals surface area (Å²) in [6.07, 6.45) is -0.540. The quantitative estimate of drug-likeness (QED) is 0.145. The Labute approximate surface area is 336 Å². The van der Waals surface area contributed by atoms with Crippen molar-refractivity contribution in [2.24, 2.45) is 20.0 Å². The molecule has 1 amide bonds. The monoisotopic (exact) mass is 802 g/mol. The lowest BCUT2D eigenvalue weighted by Gasteiger charge is -2.43. The predicted octanol–water partition coefficient (Wildman–Crippen LogP) is 6.96. The van der Waals surface area contributed by atoms with Gasteiger partial charge in [-0.3, -0.25) is 18.8 Å². The Kier molecular flexibility index (Phi) is 10.6. The number of hydrogen-bond acceptors (Lipinski definition) is 8. The Morgan fingerprint density at radius 2 is 1.47 bits per heavy atom. The number of amides is 1. The second-order valence-corrected chi connectivity index (χ2v) is 16.9. The fourth-order valence-corrected chi connectivity index (χ4v) is 10.2. The van der Waals surface area contributed by atoms with E-state index in [4.69, 9.17) is 14.2 Å². The van der Waals surface area contributed by atoms with Crippen molar-refractivity contribution in [1.29, 1.82) is 0 Å². The first kappa shape index (κ1) is 38.9. The molecule has 0 aliphatic carbocycles. The standard InChI is InChI=1S/C45H46N4O8S/c1-5-33-36(39-41(50)46(3)44(51)47(4)42(39)57-43(33)55-27-30-14-8-6-9-15-30)26-38-40-35(24-25-48(38)45(52)56-28-31-16-10-7-11-17-31)34-18-12-13-19-37(34)49(40)58(53,54)32-22-20-29(2)21-23-32/h6-23,33,36,38,43H,5,24-28H2,1-4H3/t33-,36-,38+,43-/m1/s1. The maximum Gasteiger partial charge on any atom is 0.410 e. The van der Waals surface area contributed by atoms with Crippen molar-refractivity contribution in [1.82, 2.24) is 18.0 Å². The zero-order valence-electron chi connectivity index (χ0n) is 32.9. The van der Waals surface area contributed by atoms with Crippen LogP contribution < -0.4 is 16.0 Å². The van der Waals surface area contributed by atoms with Gasteiger partial charge in [0.05, 0.1) is 34.3 Å². The number of rotatable bonds is 10. The van der Waals surface area contributed by atoms with Gasteiger partial charge in [0, 0.05) is 37.9 Å². The van der Waals surface area contributed by atoms with E-state index in [1.807, 2.05) is 86.6 Å². The van der Waals surface area contributed by atoms with Gasteiger partial charge >= 0.3 is 11.8 Å². The minimum absolute atomic E-state index is 0.0101. The van der Waals surface area contributed by atoms with Crippen molar-refractivity contribution in [3.05, 3.63) is 164 Å². The summed E-state index contributed by atoms with van der Waals surface area (Å²) < 4.78 is 52.7. The third-order valence-corrected chi connectivity index (χ3v) is 13.3. The smallest absolute Gasteiger partial charge is 0.410 e. The van der Waals surface area contributed by atoms with Crippen LogP contribution in [0.15, 0.2) is 124 Å². The van der Waals surface area contributed by atoms with E-state index in [9.17, 15) is 22.8 Å². The fourth-order valence-electron chi connectivity index (χ4n) is 8.60. The lowest BCUT2D eigenvalue weighted by molar-refractivity contribution is -0.146. The molecule has 300 valence electrons. The van der Waals surface area contributed by atoms with Gasteiger partial charge < -0.3 is 14.2 Å². The van der Waals surface area contributed by atoms with Gasteiger partial charge in [0.15, 0.2) is 0 Å².